The maximum atomic E-state index is 8.95. The van der Waals surface area contributed by atoms with E-state index in [-0.39, 0.29) is 5.60 Å². The molecule has 1 heterocycles. The van der Waals surface area contributed by atoms with Crippen LogP contribution >= 0.6 is 0 Å². The van der Waals surface area contributed by atoms with E-state index >= 15 is 0 Å². The van der Waals surface area contributed by atoms with Gasteiger partial charge in [0.25, 0.3) is 0 Å². The lowest BCUT2D eigenvalue weighted by Gasteiger charge is -2.43. The monoisotopic (exact) mass is 263 g/mol. The van der Waals surface area contributed by atoms with Gasteiger partial charge >= 0.3 is 0 Å². The van der Waals surface area contributed by atoms with Gasteiger partial charge in [0.2, 0.25) is 0 Å². The molecule has 1 aliphatic carbocycles. The molecule has 0 aromatic heterocycles. The van der Waals surface area contributed by atoms with Gasteiger partial charge < -0.3 is 4.74 Å². The van der Waals surface area contributed by atoms with Crippen LogP contribution in [0.15, 0.2) is 0 Å². The molecule has 2 aliphatic rings. The first kappa shape index (κ1) is 14.9. The number of hydrogen-bond acceptors (Lipinski definition) is 2. The Morgan fingerprint density at radius 2 is 2.00 bits per heavy atom. The summed E-state index contributed by atoms with van der Waals surface area (Å²) in [5.41, 5.74) is 0.457. The van der Waals surface area contributed by atoms with Gasteiger partial charge in [0.15, 0.2) is 0 Å². The van der Waals surface area contributed by atoms with Gasteiger partial charge in [0.05, 0.1) is 11.7 Å². The van der Waals surface area contributed by atoms with Crippen molar-refractivity contribution < 1.29 is 4.74 Å². The minimum Gasteiger partial charge on any atom is -0.375 e. The number of nitriles is 1. The van der Waals surface area contributed by atoms with Crippen LogP contribution in [0.5, 0.6) is 0 Å². The van der Waals surface area contributed by atoms with Crippen molar-refractivity contribution in [3.05, 3.63) is 0 Å². The highest BCUT2D eigenvalue weighted by Gasteiger charge is 2.44. The largest absolute Gasteiger partial charge is 0.375 e. The second-order valence-corrected chi connectivity index (χ2v) is 7.61. The Bertz CT molecular complexity index is 344. The lowest BCUT2D eigenvalue weighted by atomic mass is 9.73. The normalized spacial score (nSPS) is 38.6. The average Bonchev–Trinajstić information content (AvgIpc) is 2.46. The lowest BCUT2D eigenvalue weighted by molar-refractivity contribution is -0.118. The standard InChI is InChI=1S/C17H29NO/c1-4-14-5-8-17(13-16(2,3)11-14)12-15(6-9-18)7-10-19-17/h14-15H,4-8,10-13H2,1-3H3. The summed E-state index contributed by atoms with van der Waals surface area (Å²) in [7, 11) is 0. The van der Waals surface area contributed by atoms with Crippen molar-refractivity contribution in [3.63, 3.8) is 0 Å². The van der Waals surface area contributed by atoms with Crippen molar-refractivity contribution in [1.29, 1.82) is 5.26 Å². The number of ether oxygens (including phenoxy) is 1. The fraction of sp³-hybridized carbons (Fsp3) is 0.941. The summed E-state index contributed by atoms with van der Waals surface area (Å²) in [5, 5.41) is 8.95. The first-order valence-corrected chi connectivity index (χ1v) is 7.99. The van der Waals surface area contributed by atoms with Crippen LogP contribution in [0.2, 0.25) is 0 Å². The van der Waals surface area contributed by atoms with Crippen molar-refractivity contribution in [2.75, 3.05) is 6.61 Å². The van der Waals surface area contributed by atoms with E-state index in [0.29, 0.717) is 17.8 Å². The molecule has 1 saturated heterocycles. The van der Waals surface area contributed by atoms with Crippen molar-refractivity contribution in [2.24, 2.45) is 17.3 Å². The Morgan fingerprint density at radius 3 is 2.68 bits per heavy atom. The van der Waals surface area contributed by atoms with Crippen molar-refractivity contribution >= 4 is 0 Å². The Kier molecular flexibility index (Phi) is 4.56. The molecule has 0 bridgehead atoms. The summed E-state index contributed by atoms with van der Waals surface area (Å²) in [6.45, 7) is 7.98. The number of nitrogens with zero attached hydrogens (tertiary/aromatic N) is 1. The summed E-state index contributed by atoms with van der Waals surface area (Å²) >= 11 is 0. The summed E-state index contributed by atoms with van der Waals surface area (Å²) in [5.74, 6) is 1.42. The molecule has 2 nitrogen and oxygen atoms in total. The predicted molar refractivity (Wildman–Crippen MR) is 77.7 cm³/mol. The van der Waals surface area contributed by atoms with Gasteiger partial charge in [0.1, 0.15) is 0 Å². The smallest absolute Gasteiger partial charge is 0.0690 e. The number of rotatable bonds is 2. The quantitative estimate of drug-likeness (QED) is 0.724. The Balaban J connectivity index is 2.11. The minimum absolute atomic E-state index is 0.0766. The van der Waals surface area contributed by atoms with Crippen LogP contribution in [-0.2, 0) is 4.74 Å². The summed E-state index contributed by atoms with van der Waals surface area (Å²) in [6, 6.07) is 2.36. The molecule has 0 aromatic carbocycles. The molecular weight excluding hydrogens is 234 g/mol. The third kappa shape index (κ3) is 3.72. The maximum absolute atomic E-state index is 8.95. The van der Waals surface area contributed by atoms with E-state index in [2.05, 4.69) is 26.8 Å². The van der Waals surface area contributed by atoms with Gasteiger partial charge in [-0.2, -0.15) is 5.26 Å². The van der Waals surface area contributed by atoms with Gasteiger partial charge in [-0.15, -0.1) is 0 Å². The summed E-state index contributed by atoms with van der Waals surface area (Å²) in [6.07, 6.45) is 9.21. The second kappa shape index (κ2) is 5.83. The Hall–Kier alpha value is -0.550. The minimum atomic E-state index is 0.0766. The zero-order chi connectivity index (χ0) is 13.9. The lowest BCUT2D eigenvalue weighted by Crippen LogP contribution is -2.42. The predicted octanol–water partition coefficient (Wildman–Crippen LogP) is 4.69. The molecule has 0 radical (unpaired) electrons. The molecule has 2 rings (SSSR count). The molecule has 1 spiro atoms. The van der Waals surface area contributed by atoms with E-state index in [1.165, 1.54) is 32.1 Å². The highest BCUT2D eigenvalue weighted by Crippen LogP contribution is 2.48. The molecule has 3 unspecified atom stereocenters. The van der Waals surface area contributed by atoms with Gasteiger partial charge in [-0.05, 0) is 55.8 Å². The van der Waals surface area contributed by atoms with Crippen molar-refractivity contribution in [2.45, 2.75) is 77.7 Å². The molecule has 1 aliphatic heterocycles. The van der Waals surface area contributed by atoms with E-state index < -0.39 is 0 Å². The van der Waals surface area contributed by atoms with E-state index in [1.807, 2.05) is 0 Å². The molecule has 0 amide bonds. The number of hydrogen-bond donors (Lipinski definition) is 0. The molecule has 1 saturated carbocycles. The highest BCUT2D eigenvalue weighted by atomic mass is 16.5. The average molecular weight is 263 g/mol. The first-order chi connectivity index (χ1) is 8.99. The molecule has 2 fully saturated rings. The van der Waals surface area contributed by atoms with Gasteiger partial charge in [-0.3, -0.25) is 0 Å². The fourth-order valence-electron chi connectivity index (χ4n) is 4.46. The van der Waals surface area contributed by atoms with Crippen LogP contribution in [0.4, 0.5) is 0 Å². The Labute approximate surface area is 118 Å². The van der Waals surface area contributed by atoms with Crippen LogP contribution in [0.25, 0.3) is 0 Å². The van der Waals surface area contributed by atoms with Crippen LogP contribution in [-0.4, -0.2) is 12.2 Å². The second-order valence-electron chi connectivity index (χ2n) is 7.61. The molecule has 108 valence electrons. The topological polar surface area (TPSA) is 33.0 Å². The third-order valence-electron chi connectivity index (χ3n) is 5.20. The van der Waals surface area contributed by atoms with Crippen LogP contribution in [0, 0.1) is 28.6 Å². The van der Waals surface area contributed by atoms with E-state index in [0.717, 1.165) is 25.4 Å². The van der Waals surface area contributed by atoms with E-state index in [4.69, 9.17) is 10.00 Å². The van der Waals surface area contributed by atoms with Gasteiger partial charge in [0, 0.05) is 13.0 Å². The molecule has 2 heteroatoms. The van der Waals surface area contributed by atoms with E-state index in [9.17, 15) is 0 Å². The Morgan fingerprint density at radius 1 is 1.21 bits per heavy atom. The molecule has 19 heavy (non-hydrogen) atoms. The van der Waals surface area contributed by atoms with Crippen LogP contribution in [0.1, 0.15) is 72.1 Å². The third-order valence-corrected chi connectivity index (χ3v) is 5.20. The van der Waals surface area contributed by atoms with Gasteiger partial charge in [-0.1, -0.05) is 27.2 Å². The molecule has 0 aromatic rings. The maximum Gasteiger partial charge on any atom is 0.0690 e. The molecule has 0 N–H and O–H groups in total. The summed E-state index contributed by atoms with van der Waals surface area (Å²) < 4.78 is 6.28. The molecule has 3 atom stereocenters. The van der Waals surface area contributed by atoms with Crippen molar-refractivity contribution in [1.82, 2.24) is 0 Å². The zero-order valence-corrected chi connectivity index (χ0v) is 12.9. The first-order valence-electron chi connectivity index (χ1n) is 7.99. The summed E-state index contributed by atoms with van der Waals surface area (Å²) in [4.78, 5) is 0. The van der Waals surface area contributed by atoms with Crippen molar-refractivity contribution in [3.8, 4) is 6.07 Å². The van der Waals surface area contributed by atoms with Crippen LogP contribution in [0.3, 0.4) is 0 Å². The van der Waals surface area contributed by atoms with Crippen LogP contribution < -0.4 is 0 Å². The fourth-order valence-corrected chi connectivity index (χ4v) is 4.46. The molecular formula is C17H29NO. The zero-order valence-electron chi connectivity index (χ0n) is 12.9. The highest BCUT2D eigenvalue weighted by molar-refractivity contribution is 4.96. The van der Waals surface area contributed by atoms with E-state index in [1.54, 1.807) is 0 Å². The van der Waals surface area contributed by atoms with Gasteiger partial charge in [-0.25, -0.2) is 0 Å². The SMILES string of the molecule is CCC1CCC2(CC(CC#N)CCO2)CC(C)(C)C1.